The van der Waals surface area contributed by atoms with Crippen molar-refractivity contribution in [2.45, 2.75) is 25.7 Å². The number of likely N-dealkylation sites (tertiary alicyclic amines) is 1. The van der Waals surface area contributed by atoms with Crippen molar-refractivity contribution in [1.82, 2.24) is 4.90 Å². The number of alkyl halides is 3. The Morgan fingerprint density at radius 3 is 2.48 bits per heavy atom. The third kappa shape index (κ3) is 6.11. The van der Waals surface area contributed by atoms with Gasteiger partial charge in [-0.25, -0.2) is 0 Å². The van der Waals surface area contributed by atoms with Crippen LogP contribution in [-0.2, 0) is 6.54 Å². The van der Waals surface area contributed by atoms with E-state index in [-0.39, 0.29) is 18.2 Å². The molecule has 0 aromatic heterocycles. The van der Waals surface area contributed by atoms with Crippen molar-refractivity contribution >= 4 is 12.4 Å². The first-order chi connectivity index (χ1) is 9.46. The molecule has 3 nitrogen and oxygen atoms in total. The fraction of sp³-hybridized carbons (Fsp3) is 0.571. The van der Waals surface area contributed by atoms with Crippen LogP contribution in [0.5, 0.6) is 5.75 Å². The van der Waals surface area contributed by atoms with E-state index in [9.17, 15) is 13.2 Å². The van der Waals surface area contributed by atoms with Crippen molar-refractivity contribution < 1.29 is 17.9 Å². The minimum Gasteiger partial charge on any atom is -0.406 e. The summed E-state index contributed by atoms with van der Waals surface area (Å²) < 4.78 is 40.0. The topological polar surface area (TPSA) is 38.5 Å². The molecule has 120 valence electrons. The normalized spacial score (nSPS) is 19.9. The smallest absolute Gasteiger partial charge is 0.406 e. The van der Waals surface area contributed by atoms with Gasteiger partial charge in [0.05, 0.1) is 0 Å². The maximum Gasteiger partial charge on any atom is 0.573 e. The van der Waals surface area contributed by atoms with E-state index in [0.29, 0.717) is 12.5 Å². The molecule has 21 heavy (non-hydrogen) atoms. The average molecular weight is 325 g/mol. The number of rotatable bonds is 4. The zero-order chi connectivity index (χ0) is 14.6. The fourth-order valence-corrected chi connectivity index (χ4v) is 2.54. The molecule has 0 amide bonds. The number of hydrogen-bond donors (Lipinski definition) is 1. The van der Waals surface area contributed by atoms with Gasteiger partial charge in [-0.05, 0) is 49.5 Å². The van der Waals surface area contributed by atoms with Gasteiger partial charge in [-0.15, -0.1) is 25.6 Å². The average Bonchev–Trinajstić information content (AvgIpc) is 2.40. The van der Waals surface area contributed by atoms with Crippen molar-refractivity contribution in [3.63, 3.8) is 0 Å². The van der Waals surface area contributed by atoms with Crippen LogP contribution < -0.4 is 10.5 Å². The molecule has 1 heterocycles. The minimum atomic E-state index is -4.64. The first kappa shape index (κ1) is 18.1. The van der Waals surface area contributed by atoms with Gasteiger partial charge in [0.15, 0.2) is 0 Å². The van der Waals surface area contributed by atoms with Gasteiger partial charge in [0.2, 0.25) is 0 Å². The van der Waals surface area contributed by atoms with Gasteiger partial charge in [0.1, 0.15) is 5.75 Å². The number of nitrogens with two attached hydrogens (primary N) is 1. The molecule has 1 aliphatic heterocycles. The number of ether oxygens (including phenoxy) is 1. The molecule has 1 fully saturated rings. The molecular formula is C14H20ClF3N2O. The molecule has 0 saturated carbocycles. The third-order valence-electron chi connectivity index (χ3n) is 3.50. The number of nitrogens with zero attached hydrogens (tertiary/aromatic N) is 1. The van der Waals surface area contributed by atoms with Gasteiger partial charge in [-0.3, -0.25) is 4.90 Å². The van der Waals surface area contributed by atoms with Gasteiger partial charge in [0.25, 0.3) is 0 Å². The van der Waals surface area contributed by atoms with E-state index in [1.54, 1.807) is 12.1 Å². The Balaban J connectivity index is 0.00000220. The molecule has 0 spiro atoms. The van der Waals surface area contributed by atoms with Crippen LogP contribution in [0.4, 0.5) is 13.2 Å². The lowest BCUT2D eigenvalue weighted by Crippen LogP contribution is -2.37. The van der Waals surface area contributed by atoms with Gasteiger partial charge in [0, 0.05) is 13.1 Å². The molecule has 0 bridgehead atoms. The molecule has 0 aliphatic carbocycles. The van der Waals surface area contributed by atoms with E-state index in [1.807, 2.05) is 0 Å². The quantitative estimate of drug-likeness (QED) is 0.924. The Bertz CT molecular complexity index is 425. The van der Waals surface area contributed by atoms with Gasteiger partial charge in [-0.1, -0.05) is 12.1 Å². The summed E-state index contributed by atoms with van der Waals surface area (Å²) in [6, 6.07) is 6.06. The van der Waals surface area contributed by atoms with E-state index < -0.39 is 6.36 Å². The molecule has 1 aromatic rings. The molecule has 1 saturated heterocycles. The highest BCUT2D eigenvalue weighted by Crippen LogP contribution is 2.24. The Morgan fingerprint density at radius 2 is 1.90 bits per heavy atom. The van der Waals surface area contributed by atoms with E-state index in [2.05, 4.69) is 9.64 Å². The van der Waals surface area contributed by atoms with Crippen LogP contribution in [0.3, 0.4) is 0 Å². The predicted octanol–water partition coefficient (Wildman–Crippen LogP) is 3.18. The summed E-state index contributed by atoms with van der Waals surface area (Å²) in [5.41, 5.74) is 6.67. The summed E-state index contributed by atoms with van der Waals surface area (Å²) in [5.74, 6) is 0.344. The molecule has 1 atom stereocenters. The third-order valence-corrected chi connectivity index (χ3v) is 3.50. The Hall–Kier alpha value is -0.980. The highest BCUT2D eigenvalue weighted by Gasteiger charge is 2.31. The lowest BCUT2D eigenvalue weighted by Gasteiger charge is -2.32. The first-order valence-electron chi connectivity index (χ1n) is 6.73. The number of hydrogen-bond acceptors (Lipinski definition) is 3. The molecule has 7 heteroatoms. The number of benzene rings is 1. The first-order valence-corrected chi connectivity index (χ1v) is 6.73. The van der Waals surface area contributed by atoms with Gasteiger partial charge in [-0.2, -0.15) is 0 Å². The van der Waals surface area contributed by atoms with Crippen molar-refractivity contribution in [3.8, 4) is 5.75 Å². The minimum absolute atomic E-state index is 0. The highest BCUT2D eigenvalue weighted by atomic mass is 35.5. The molecule has 1 aliphatic rings. The lowest BCUT2D eigenvalue weighted by atomic mass is 9.98. The van der Waals surface area contributed by atoms with E-state index in [4.69, 9.17) is 5.73 Å². The second kappa shape index (κ2) is 7.87. The maximum atomic E-state index is 12.1. The molecule has 1 aromatic carbocycles. The maximum absolute atomic E-state index is 12.1. The summed E-state index contributed by atoms with van der Waals surface area (Å²) in [4.78, 5) is 2.29. The molecule has 1 unspecified atom stereocenters. The van der Waals surface area contributed by atoms with Crippen LogP contribution in [0.25, 0.3) is 0 Å². The van der Waals surface area contributed by atoms with Crippen LogP contribution in [-0.4, -0.2) is 30.9 Å². The fourth-order valence-electron chi connectivity index (χ4n) is 2.54. The predicted molar refractivity (Wildman–Crippen MR) is 77.4 cm³/mol. The largest absolute Gasteiger partial charge is 0.573 e. The summed E-state index contributed by atoms with van der Waals surface area (Å²) in [6.45, 7) is 3.40. The Morgan fingerprint density at radius 1 is 1.24 bits per heavy atom. The lowest BCUT2D eigenvalue weighted by molar-refractivity contribution is -0.274. The molecule has 2 N–H and O–H groups in total. The zero-order valence-electron chi connectivity index (χ0n) is 11.6. The zero-order valence-corrected chi connectivity index (χ0v) is 12.4. The van der Waals surface area contributed by atoms with Crippen LogP contribution in [0.15, 0.2) is 24.3 Å². The number of piperidine rings is 1. The van der Waals surface area contributed by atoms with Crippen LogP contribution in [0.2, 0.25) is 0 Å². The summed E-state index contributed by atoms with van der Waals surface area (Å²) in [7, 11) is 0. The molecule has 0 radical (unpaired) electrons. The van der Waals surface area contributed by atoms with E-state index in [1.165, 1.54) is 12.1 Å². The van der Waals surface area contributed by atoms with Crippen LogP contribution >= 0.6 is 12.4 Å². The van der Waals surface area contributed by atoms with Gasteiger partial charge < -0.3 is 10.5 Å². The second-order valence-electron chi connectivity index (χ2n) is 5.17. The van der Waals surface area contributed by atoms with Crippen molar-refractivity contribution in [2.24, 2.45) is 11.7 Å². The van der Waals surface area contributed by atoms with Crippen LogP contribution in [0.1, 0.15) is 18.4 Å². The van der Waals surface area contributed by atoms with Crippen molar-refractivity contribution in [1.29, 1.82) is 0 Å². The molecular weight excluding hydrogens is 305 g/mol. The second-order valence-corrected chi connectivity index (χ2v) is 5.17. The monoisotopic (exact) mass is 324 g/mol. The van der Waals surface area contributed by atoms with Gasteiger partial charge >= 0.3 is 6.36 Å². The van der Waals surface area contributed by atoms with Crippen molar-refractivity contribution in [3.05, 3.63) is 29.8 Å². The van der Waals surface area contributed by atoms with Crippen LogP contribution in [0, 0.1) is 5.92 Å². The van der Waals surface area contributed by atoms with E-state index >= 15 is 0 Å². The SMILES string of the molecule is Cl.NCC1CCCN(Cc2ccc(OC(F)(F)F)cc2)C1. The highest BCUT2D eigenvalue weighted by molar-refractivity contribution is 5.85. The Labute approximate surface area is 128 Å². The van der Waals surface area contributed by atoms with E-state index in [0.717, 1.165) is 38.0 Å². The van der Waals surface area contributed by atoms with Crippen molar-refractivity contribution in [2.75, 3.05) is 19.6 Å². The summed E-state index contributed by atoms with van der Waals surface area (Å²) in [6.07, 6.45) is -2.36. The summed E-state index contributed by atoms with van der Waals surface area (Å²) >= 11 is 0. The standard InChI is InChI=1S/C14H19F3N2O.ClH/c15-14(16,17)20-13-5-3-11(4-6-13)9-19-7-1-2-12(8-18)10-19;/h3-6,12H,1-2,7-10,18H2;1H. The molecule has 2 rings (SSSR count). The summed E-state index contributed by atoms with van der Waals surface area (Å²) in [5, 5.41) is 0. The number of halogens is 4. The Kier molecular flexibility index (Phi) is 6.77.